The molecular formula is C87H167NO5. The molecule has 0 radical (unpaired) electrons. The normalized spacial score (nSPS) is 12.6. The minimum Gasteiger partial charge on any atom is -0.466 e. The van der Waals surface area contributed by atoms with Crippen molar-refractivity contribution in [1.29, 1.82) is 0 Å². The number of ether oxygens (including phenoxy) is 1. The fourth-order valence-corrected chi connectivity index (χ4v) is 13.7. The summed E-state index contributed by atoms with van der Waals surface area (Å²) in [5.74, 6) is -0.0383. The van der Waals surface area contributed by atoms with Crippen LogP contribution in [-0.4, -0.2) is 47.4 Å². The van der Waals surface area contributed by atoms with Gasteiger partial charge in [0.2, 0.25) is 5.91 Å². The number of amides is 1. The van der Waals surface area contributed by atoms with Crippen molar-refractivity contribution in [3.8, 4) is 0 Å². The first-order valence-corrected chi connectivity index (χ1v) is 42.8. The van der Waals surface area contributed by atoms with Crippen LogP contribution in [0.25, 0.3) is 0 Å². The largest absolute Gasteiger partial charge is 0.466 e. The van der Waals surface area contributed by atoms with Crippen LogP contribution in [0.4, 0.5) is 0 Å². The summed E-state index contributed by atoms with van der Waals surface area (Å²) in [6.07, 6.45) is 109. The van der Waals surface area contributed by atoms with Gasteiger partial charge in [-0.05, 0) is 64.2 Å². The van der Waals surface area contributed by atoms with E-state index in [4.69, 9.17) is 4.74 Å². The van der Waals surface area contributed by atoms with E-state index in [0.29, 0.717) is 19.4 Å². The summed E-state index contributed by atoms with van der Waals surface area (Å²) in [7, 11) is 0. The molecule has 0 spiro atoms. The lowest BCUT2D eigenvalue weighted by molar-refractivity contribution is -0.143. The molecule has 0 saturated carbocycles. The maximum absolute atomic E-state index is 12.6. The van der Waals surface area contributed by atoms with Crippen LogP contribution in [0, 0.1) is 0 Å². The molecule has 0 bridgehead atoms. The molecule has 0 heterocycles. The fraction of sp³-hybridized carbons (Fsp3) is 0.908. The van der Waals surface area contributed by atoms with E-state index in [9.17, 15) is 19.8 Å². The molecule has 0 fully saturated rings. The fourth-order valence-electron chi connectivity index (χ4n) is 13.7. The number of esters is 1. The predicted molar refractivity (Wildman–Crippen MR) is 412 cm³/mol. The van der Waals surface area contributed by atoms with Crippen LogP contribution >= 0.6 is 0 Å². The second-order valence-corrected chi connectivity index (χ2v) is 29.5. The Morgan fingerprint density at radius 3 is 0.817 bits per heavy atom. The third-order valence-corrected chi connectivity index (χ3v) is 20.2. The highest BCUT2D eigenvalue weighted by atomic mass is 16.5. The predicted octanol–water partition coefficient (Wildman–Crippen LogP) is 28.6. The molecule has 93 heavy (non-hydrogen) atoms. The van der Waals surface area contributed by atoms with Gasteiger partial charge < -0.3 is 20.3 Å². The van der Waals surface area contributed by atoms with Gasteiger partial charge in [0, 0.05) is 12.8 Å². The molecule has 0 aliphatic heterocycles. The van der Waals surface area contributed by atoms with Gasteiger partial charge in [0.1, 0.15) is 0 Å². The van der Waals surface area contributed by atoms with E-state index in [-0.39, 0.29) is 18.5 Å². The van der Waals surface area contributed by atoms with Crippen LogP contribution in [0.5, 0.6) is 0 Å². The third-order valence-electron chi connectivity index (χ3n) is 20.2. The SMILES string of the molecule is CCCCCCCCCCCCCCCCCCCCCC/C=C/C(O)C(CO)NC(=O)CCCCCCCCCCCCCCCCCCC/C=C\C/C=C\CCCCCCCCCCCCCOC(=O)CCCCCCCCCCCCCCCCCCCCC. The van der Waals surface area contributed by atoms with E-state index in [1.165, 1.54) is 411 Å². The topological polar surface area (TPSA) is 95.9 Å². The van der Waals surface area contributed by atoms with Gasteiger partial charge in [0.05, 0.1) is 25.4 Å². The Hall–Kier alpha value is -1.92. The van der Waals surface area contributed by atoms with E-state index >= 15 is 0 Å². The van der Waals surface area contributed by atoms with Gasteiger partial charge in [0.15, 0.2) is 0 Å². The molecule has 6 heteroatoms. The lowest BCUT2D eigenvalue weighted by Crippen LogP contribution is -2.45. The van der Waals surface area contributed by atoms with Crippen molar-refractivity contribution in [2.24, 2.45) is 0 Å². The molecule has 1 amide bonds. The van der Waals surface area contributed by atoms with Crippen molar-refractivity contribution < 1.29 is 24.5 Å². The molecule has 2 unspecified atom stereocenters. The average molecular weight is 1310 g/mol. The van der Waals surface area contributed by atoms with Crippen LogP contribution in [0.1, 0.15) is 483 Å². The minimum absolute atomic E-state index is 0.0224. The number of hydrogen-bond acceptors (Lipinski definition) is 5. The molecule has 0 aromatic rings. The number of aliphatic hydroxyl groups is 2. The van der Waals surface area contributed by atoms with Gasteiger partial charge in [-0.3, -0.25) is 9.59 Å². The van der Waals surface area contributed by atoms with Crippen LogP contribution in [-0.2, 0) is 14.3 Å². The van der Waals surface area contributed by atoms with E-state index in [2.05, 4.69) is 43.5 Å². The molecule has 0 aromatic heterocycles. The van der Waals surface area contributed by atoms with Gasteiger partial charge in [0.25, 0.3) is 0 Å². The molecule has 3 N–H and O–H groups in total. The number of allylic oxidation sites excluding steroid dienone is 5. The van der Waals surface area contributed by atoms with E-state index in [1.807, 2.05) is 6.08 Å². The zero-order chi connectivity index (χ0) is 67.0. The maximum atomic E-state index is 12.6. The Balaban J connectivity index is 3.37. The van der Waals surface area contributed by atoms with Gasteiger partial charge in [-0.25, -0.2) is 0 Å². The highest BCUT2D eigenvalue weighted by Gasteiger charge is 2.18. The highest BCUT2D eigenvalue weighted by Crippen LogP contribution is 2.20. The Morgan fingerprint density at radius 1 is 0.301 bits per heavy atom. The number of unbranched alkanes of at least 4 members (excludes halogenated alkanes) is 66. The quantitative estimate of drug-likeness (QED) is 0.0320. The molecular weight excluding hydrogens is 1140 g/mol. The smallest absolute Gasteiger partial charge is 0.305 e. The monoisotopic (exact) mass is 1310 g/mol. The Kier molecular flexibility index (Phi) is 80.8. The zero-order valence-electron chi connectivity index (χ0n) is 63.3. The third kappa shape index (κ3) is 79.0. The number of carbonyl (C=O) groups is 2. The Morgan fingerprint density at radius 2 is 0.538 bits per heavy atom. The van der Waals surface area contributed by atoms with Crippen LogP contribution in [0.2, 0.25) is 0 Å². The molecule has 0 saturated heterocycles. The summed E-state index contributed by atoms with van der Waals surface area (Å²) in [4.78, 5) is 24.7. The zero-order valence-corrected chi connectivity index (χ0v) is 63.3. The van der Waals surface area contributed by atoms with Crippen LogP contribution < -0.4 is 5.32 Å². The summed E-state index contributed by atoms with van der Waals surface area (Å²) >= 11 is 0. The summed E-state index contributed by atoms with van der Waals surface area (Å²) in [5, 5.41) is 23.3. The van der Waals surface area contributed by atoms with Crippen molar-refractivity contribution in [3.05, 3.63) is 36.5 Å². The molecule has 0 rings (SSSR count). The Labute approximate surface area is 583 Å². The van der Waals surface area contributed by atoms with E-state index < -0.39 is 12.1 Å². The molecule has 0 aromatic carbocycles. The van der Waals surface area contributed by atoms with Gasteiger partial charge in [-0.1, -0.05) is 442 Å². The summed E-state index contributed by atoms with van der Waals surface area (Å²) < 4.78 is 5.52. The molecule has 0 aliphatic carbocycles. The molecule has 2 atom stereocenters. The van der Waals surface area contributed by atoms with Crippen molar-refractivity contribution in [2.45, 2.75) is 495 Å². The minimum atomic E-state index is -0.845. The van der Waals surface area contributed by atoms with Crippen LogP contribution in [0.15, 0.2) is 36.5 Å². The Bertz CT molecular complexity index is 1510. The van der Waals surface area contributed by atoms with E-state index in [0.717, 1.165) is 44.9 Å². The van der Waals surface area contributed by atoms with Crippen molar-refractivity contribution in [2.75, 3.05) is 13.2 Å². The van der Waals surface area contributed by atoms with Crippen molar-refractivity contribution in [1.82, 2.24) is 5.32 Å². The standard InChI is InChI=1S/C87H167NO5/c1-3-5-7-9-11-13-15-17-19-21-23-24-40-44-47-51-55-59-63-67-71-75-79-85(90)84(83-89)88-86(91)80-76-72-68-64-60-56-52-48-45-41-38-36-34-32-30-28-26-25-27-29-31-33-35-37-39-42-46-50-54-58-62-66-70-74-78-82-93-87(92)81-77-73-69-65-61-57-53-49-43-22-20-18-16-14-12-10-8-6-4-2/h27,29,33,35,75,79,84-85,89-90H,3-26,28,30-32,34,36-74,76-78,80-83H2,1-2H3,(H,88,91)/b29-27-,35-33-,79-75+. The highest BCUT2D eigenvalue weighted by molar-refractivity contribution is 5.76. The summed E-state index contributed by atoms with van der Waals surface area (Å²) in [6.45, 7) is 4.97. The number of nitrogens with one attached hydrogen (secondary N) is 1. The van der Waals surface area contributed by atoms with Crippen molar-refractivity contribution >= 4 is 11.9 Å². The molecule has 0 aliphatic rings. The average Bonchev–Trinajstić information content (AvgIpc) is 3.78. The van der Waals surface area contributed by atoms with Gasteiger partial charge >= 0.3 is 5.97 Å². The van der Waals surface area contributed by atoms with Crippen LogP contribution in [0.3, 0.4) is 0 Å². The first-order valence-electron chi connectivity index (χ1n) is 42.8. The maximum Gasteiger partial charge on any atom is 0.305 e. The molecule has 6 nitrogen and oxygen atoms in total. The number of rotatable bonds is 81. The number of carbonyl (C=O) groups excluding carboxylic acids is 2. The second kappa shape index (κ2) is 82.5. The summed E-state index contributed by atoms with van der Waals surface area (Å²) in [5.41, 5.74) is 0. The summed E-state index contributed by atoms with van der Waals surface area (Å²) in [6, 6.07) is -0.628. The number of hydrogen-bond donors (Lipinski definition) is 3. The van der Waals surface area contributed by atoms with Crippen molar-refractivity contribution in [3.63, 3.8) is 0 Å². The molecule has 550 valence electrons. The van der Waals surface area contributed by atoms with Gasteiger partial charge in [-0.2, -0.15) is 0 Å². The van der Waals surface area contributed by atoms with E-state index in [1.54, 1.807) is 6.08 Å². The first-order chi connectivity index (χ1) is 46.0. The lowest BCUT2D eigenvalue weighted by atomic mass is 10.0. The second-order valence-electron chi connectivity index (χ2n) is 29.5. The number of aliphatic hydroxyl groups excluding tert-OH is 2. The lowest BCUT2D eigenvalue weighted by Gasteiger charge is -2.20. The first kappa shape index (κ1) is 91.1. The van der Waals surface area contributed by atoms with Gasteiger partial charge in [-0.15, -0.1) is 0 Å².